The molecular formula is C17H17N3O4. The van der Waals surface area contributed by atoms with E-state index in [0.29, 0.717) is 11.3 Å². The highest BCUT2D eigenvalue weighted by Gasteiger charge is 2.52. The Balaban J connectivity index is 1.89. The molecule has 7 nitrogen and oxygen atoms in total. The van der Waals surface area contributed by atoms with Crippen LogP contribution in [0.25, 0.3) is 0 Å². The summed E-state index contributed by atoms with van der Waals surface area (Å²) >= 11 is 0. The number of esters is 1. The van der Waals surface area contributed by atoms with E-state index in [1.54, 1.807) is 7.05 Å². The molecule has 3 atom stereocenters. The number of nitrogens with zero attached hydrogens (tertiary/aromatic N) is 1. The fourth-order valence-electron chi connectivity index (χ4n) is 3.75. The van der Waals surface area contributed by atoms with Crippen molar-refractivity contribution < 1.29 is 19.1 Å². The van der Waals surface area contributed by atoms with Crippen molar-refractivity contribution >= 4 is 17.9 Å². The Morgan fingerprint density at radius 3 is 2.79 bits per heavy atom. The van der Waals surface area contributed by atoms with Crippen molar-refractivity contribution in [1.29, 1.82) is 0 Å². The zero-order valence-corrected chi connectivity index (χ0v) is 13.3. The average Bonchev–Trinajstić information content (AvgIpc) is 2.92. The predicted octanol–water partition coefficient (Wildman–Crippen LogP) is 0.617. The molecule has 3 amide bonds. The number of amides is 3. The zero-order valence-electron chi connectivity index (χ0n) is 13.3. The number of nitrogens with one attached hydrogen (secondary N) is 2. The summed E-state index contributed by atoms with van der Waals surface area (Å²) in [5.74, 6) is -1.83. The van der Waals surface area contributed by atoms with Crippen LogP contribution in [0.15, 0.2) is 35.5 Å². The van der Waals surface area contributed by atoms with Crippen LogP contribution in [0, 0.1) is 12.8 Å². The van der Waals surface area contributed by atoms with Crippen LogP contribution in [-0.2, 0) is 14.3 Å². The van der Waals surface area contributed by atoms with Crippen LogP contribution in [0.1, 0.15) is 17.0 Å². The quantitative estimate of drug-likeness (QED) is 0.738. The monoisotopic (exact) mass is 327 g/mol. The minimum absolute atomic E-state index is 0.142. The van der Waals surface area contributed by atoms with Gasteiger partial charge in [-0.15, -0.1) is 0 Å². The highest BCUT2D eigenvalue weighted by atomic mass is 16.5. The SMILES string of the molecule is Cc1cccc(C2C3=C(COC3=O)NC3C2C(=O)NC(=O)N3C)c1. The standard InChI is InChI=1S/C17H17N3O4/c1-8-4-3-5-9(6-8)11-12-10(7-24-16(12)22)18-14-13(11)15(21)19-17(23)20(14)2/h3-6,11,13-14,18H,7H2,1-2H3,(H,19,21,23). The summed E-state index contributed by atoms with van der Waals surface area (Å²) in [6.07, 6.45) is -0.509. The normalized spacial score (nSPS) is 28.8. The van der Waals surface area contributed by atoms with Gasteiger partial charge in [-0.1, -0.05) is 29.8 Å². The van der Waals surface area contributed by atoms with Crippen LogP contribution in [0.3, 0.4) is 0 Å². The van der Waals surface area contributed by atoms with Gasteiger partial charge < -0.3 is 15.0 Å². The van der Waals surface area contributed by atoms with Crippen LogP contribution in [0.4, 0.5) is 4.79 Å². The minimum Gasteiger partial charge on any atom is -0.456 e. The number of benzene rings is 1. The second-order valence-electron chi connectivity index (χ2n) is 6.38. The van der Waals surface area contributed by atoms with Crippen molar-refractivity contribution in [2.45, 2.75) is 19.0 Å². The molecule has 0 bridgehead atoms. The van der Waals surface area contributed by atoms with Crippen molar-refractivity contribution in [2.75, 3.05) is 13.7 Å². The minimum atomic E-state index is -0.598. The van der Waals surface area contributed by atoms with Gasteiger partial charge in [0.2, 0.25) is 5.91 Å². The molecular weight excluding hydrogens is 310 g/mol. The topological polar surface area (TPSA) is 87.7 Å². The lowest BCUT2D eigenvalue weighted by Crippen LogP contribution is -2.66. The van der Waals surface area contributed by atoms with E-state index in [0.717, 1.165) is 11.1 Å². The van der Waals surface area contributed by atoms with Crippen LogP contribution >= 0.6 is 0 Å². The Hall–Kier alpha value is -2.83. The van der Waals surface area contributed by atoms with Gasteiger partial charge in [-0.05, 0) is 12.5 Å². The van der Waals surface area contributed by atoms with E-state index in [9.17, 15) is 14.4 Å². The number of hydrogen-bond acceptors (Lipinski definition) is 5. The fraction of sp³-hybridized carbons (Fsp3) is 0.353. The molecule has 1 aromatic carbocycles. The molecule has 24 heavy (non-hydrogen) atoms. The maximum absolute atomic E-state index is 12.6. The third kappa shape index (κ3) is 2.01. The number of imide groups is 1. The number of aryl methyl sites for hydroxylation is 1. The van der Waals surface area contributed by atoms with Gasteiger partial charge in [0.25, 0.3) is 0 Å². The van der Waals surface area contributed by atoms with Crippen molar-refractivity contribution in [3.63, 3.8) is 0 Å². The molecule has 0 aromatic heterocycles. The fourth-order valence-corrected chi connectivity index (χ4v) is 3.75. The summed E-state index contributed by atoms with van der Waals surface area (Å²) in [7, 11) is 1.63. The summed E-state index contributed by atoms with van der Waals surface area (Å²) in [5, 5.41) is 5.52. The van der Waals surface area contributed by atoms with Crippen molar-refractivity contribution in [2.24, 2.45) is 5.92 Å². The van der Waals surface area contributed by atoms with Gasteiger partial charge in [-0.25, -0.2) is 9.59 Å². The highest BCUT2D eigenvalue weighted by Crippen LogP contribution is 2.43. The van der Waals surface area contributed by atoms with E-state index >= 15 is 0 Å². The number of cyclic esters (lactones) is 1. The van der Waals surface area contributed by atoms with Gasteiger partial charge in [-0.2, -0.15) is 0 Å². The summed E-state index contributed by atoms with van der Waals surface area (Å²) in [6, 6.07) is 7.28. The first kappa shape index (κ1) is 14.7. The van der Waals surface area contributed by atoms with E-state index in [4.69, 9.17) is 4.74 Å². The Morgan fingerprint density at radius 2 is 2.04 bits per heavy atom. The van der Waals surface area contributed by atoms with Gasteiger partial charge in [0.1, 0.15) is 12.8 Å². The van der Waals surface area contributed by atoms with Gasteiger partial charge >= 0.3 is 12.0 Å². The Kier molecular flexibility index (Phi) is 3.13. The molecule has 0 aliphatic carbocycles. The number of urea groups is 1. The zero-order chi connectivity index (χ0) is 17.0. The van der Waals surface area contributed by atoms with Gasteiger partial charge in [0.05, 0.1) is 17.2 Å². The van der Waals surface area contributed by atoms with E-state index in [2.05, 4.69) is 10.6 Å². The molecule has 3 unspecified atom stereocenters. The molecule has 2 N–H and O–H groups in total. The number of carbonyl (C=O) groups excluding carboxylic acids is 3. The Morgan fingerprint density at radius 1 is 1.25 bits per heavy atom. The largest absolute Gasteiger partial charge is 0.456 e. The molecule has 0 radical (unpaired) electrons. The molecule has 1 aromatic rings. The average molecular weight is 327 g/mol. The summed E-state index contributed by atoms with van der Waals surface area (Å²) < 4.78 is 5.17. The van der Waals surface area contributed by atoms with E-state index in [-0.39, 0.29) is 12.5 Å². The predicted molar refractivity (Wildman–Crippen MR) is 83.6 cm³/mol. The highest BCUT2D eigenvalue weighted by molar-refractivity contribution is 6.02. The second kappa shape index (κ2) is 5.09. The van der Waals surface area contributed by atoms with Crippen molar-refractivity contribution in [3.05, 3.63) is 46.7 Å². The van der Waals surface area contributed by atoms with Crippen LogP contribution in [0.5, 0.6) is 0 Å². The number of ether oxygens (including phenoxy) is 1. The maximum atomic E-state index is 12.6. The molecule has 124 valence electrons. The van der Waals surface area contributed by atoms with Crippen LogP contribution in [0.2, 0.25) is 0 Å². The maximum Gasteiger partial charge on any atom is 0.336 e. The summed E-state index contributed by atoms with van der Waals surface area (Å²) in [4.78, 5) is 38.3. The summed E-state index contributed by atoms with van der Waals surface area (Å²) in [5.41, 5.74) is 3.05. The summed E-state index contributed by atoms with van der Waals surface area (Å²) in [6.45, 7) is 2.10. The van der Waals surface area contributed by atoms with Crippen LogP contribution < -0.4 is 10.6 Å². The number of fused-ring (bicyclic) bond motifs is 1. The van der Waals surface area contributed by atoms with E-state index < -0.39 is 30.0 Å². The molecule has 4 rings (SSSR count). The van der Waals surface area contributed by atoms with E-state index in [1.807, 2.05) is 31.2 Å². The molecule has 1 saturated heterocycles. The van der Waals surface area contributed by atoms with Crippen LogP contribution in [-0.4, -0.2) is 42.6 Å². The van der Waals surface area contributed by atoms with Crippen molar-refractivity contribution in [1.82, 2.24) is 15.5 Å². The van der Waals surface area contributed by atoms with Gasteiger partial charge in [0, 0.05) is 13.0 Å². The molecule has 7 heteroatoms. The lowest BCUT2D eigenvalue weighted by atomic mass is 9.74. The van der Waals surface area contributed by atoms with Gasteiger partial charge in [-0.3, -0.25) is 10.1 Å². The third-order valence-electron chi connectivity index (χ3n) is 4.90. The molecule has 3 aliphatic rings. The smallest absolute Gasteiger partial charge is 0.336 e. The lowest BCUT2D eigenvalue weighted by molar-refractivity contribution is -0.136. The second-order valence-corrected chi connectivity index (χ2v) is 6.38. The molecule has 3 aliphatic heterocycles. The first-order valence-corrected chi connectivity index (χ1v) is 7.78. The molecule has 3 heterocycles. The Bertz CT molecular complexity index is 801. The number of rotatable bonds is 1. The lowest BCUT2D eigenvalue weighted by Gasteiger charge is -2.45. The third-order valence-corrected chi connectivity index (χ3v) is 4.90. The van der Waals surface area contributed by atoms with Crippen molar-refractivity contribution in [3.8, 4) is 0 Å². The molecule has 0 spiro atoms. The van der Waals surface area contributed by atoms with E-state index in [1.165, 1.54) is 4.90 Å². The van der Waals surface area contributed by atoms with Gasteiger partial charge in [0.15, 0.2) is 0 Å². The first-order chi connectivity index (χ1) is 11.5. The molecule has 0 saturated carbocycles. The Labute approximate surface area is 138 Å². The molecule has 1 fully saturated rings. The number of carbonyl (C=O) groups is 3. The number of hydrogen-bond donors (Lipinski definition) is 2. The first-order valence-electron chi connectivity index (χ1n) is 7.78.